The van der Waals surface area contributed by atoms with Crippen molar-refractivity contribution in [2.75, 3.05) is 0 Å². The fourth-order valence-electron chi connectivity index (χ4n) is 2.17. The molecule has 0 spiro atoms. The maximum Gasteiger partial charge on any atom is 0.123 e. The highest BCUT2D eigenvalue weighted by atomic mass is 35.5. The van der Waals surface area contributed by atoms with Gasteiger partial charge in [-0.2, -0.15) is 0 Å². The van der Waals surface area contributed by atoms with Crippen molar-refractivity contribution in [2.24, 2.45) is 0 Å². The van der Waals surface area contributed by atoms with Gasteiger partial charge in [-0.3, -0.25) is 0 Å². The minimum absolute atomic E-state index is 0.224. The van der Waals surface area contributed by atoms with Crippen molar-refractivity contribution >= 4 is 11.6 Å². The Bertz CT molecular complexity index is 593. The minimum atomic E-state index is -0.224. The highest BCUT2D eigenvalue weighted by Crippen LogP contribution is 2.28. The summed E-state index contributed by atoms with van der Waals surface area (Å²) in [6.45, 7) is 0.799. The Kier molecular flexibility index (Phi) is 3.54. The minimum Gasteiger partial charge on any atom is -0.310 e. The smallest absolute Gasteiger partial charge is 0.123 e. The van der Waals surface area contributed by atoms with Gasteiger partial charge in [0.15, 0.2) is 0 Å². The van der Waals surface area contributed by atoms with Crippen LogP contribution in [0.4, 0.5) is 4.39 Å². The van der Waals surface area contributed by atoms with Crippen LogP contribution in [0.25, 0.3) is 11.1 Å². The monoisotopic (exact) mass is 275 g/mol. The Morgan fingerprint density at radius 1 is 1.16 bits per heavy atom. The number of rotatable bonds is 4. The molecule has 0 radical (unpaired) electrons. The van der Waals surface area contributed by atoms with E-state index in [-0.39, 0.29) is 5.82 Å². The Morgan fingerprint density at radius 2 is 2.00 bits per heavy atom. The van der Waals surface area contributed by atoms with E-state index >= 15 is 0 Å². The SMILES string of the molecule is Fc1cccc(-c2cc(Cl)ccc2CNC2CC2)c1. The van der Waals surface area contributed by atoms with Crippen molar-refractivity contribution in [3.63, 3.8) is 0 Å². The van der Waals surface area contributed by atoms with Gasteiger partial charge in [0.1, 0.15) is 5.82 Å². The van der Waals surface area contributed by atoms with Gasteiger partial charge in [-0.15, -0.1) is 0 Å². The third kappa shape index (κ3) is 3.14. The zero-order chi connectivity index (χ0) is 13.2. The van der Waals surface area contributed by atoms with Gasteiger partial charge in [-0.25, -0.2) is 4.39 Å². The van der Waals surface area contributed by atoms with Crippen LogP contribution in [0.1, 0.15) is 18.4 Å². The van der Waals surface area contributed by atoms with Crippen molar-refractivity contribution in [2.45, 2.75) is 25.4 Å². The van der Waals surface area contributed by atoms with Crippen molar-refractivity contribution in [1.82, 2.24) is 5.32 Å². The van der Waals surface area contributed by atoms with Gasteiger partial charge in [0.25, 0.3) is 0 Å². The molecule has 3 heteroatoms. The average Bonchev–Trinajstić information content (AvgIpc) is 3.21. The van der Waals surface area contributed by atoms with E-state index in [0.29, 0.717) is 11.1 Å². The normalized spacial score (nSPS) is 14.6. The maximum absolute atomic E-state index is 13.4. The van der Waals surface area contributed by atoms with E-state index in [1.165, 1.54) is 18.9 Å². The second-order valence-electron chi connectivity index (χ2n) is 4.97. The van der Waals surface area contributed by atoms with E-state index in [2.05, 4.69) is 5.32 Å². The third-order valence-electron chi connectivity index (χ3n) is 3.37. The molecule has 0 aliphatic heterocycles. The lowest BCUT2D eigenvalue weighted by Crippen LogP contribution is -2.15. The van der Waals surface area contributed by atoms with Crippen LogP contribution in [-0.4, -0.2) is 6.04 Å². The molecule has 0 heterocycles. The molecule has 1 fully saturated rings. The molecule has 19 heavy (non-hydrogen) atoms. The summed E-state index contributed by atoms with van der Waals surface area (Å²) in [6, 6.07) is 13.1. The van der Waals surface area contributed by atoms with Crippen molar-refractivity contribution < 1.29 is 4.39 Å². The van der Waals surface area contributed by atoms with Gasteiger partial charge in [-0.05, 0) is 53.8 Å². The van der Waals surface area contributed by atoms with E-state index in [4.69, 9.17) is 11.6 Å². The van der Waals surface area contributed by atoms with Crippen molar-refractivity contribution in [1.29, 1.82) is 0 Å². The van der Waals surface area contributed by atoms with E-state index < -0.39 is 0 Å². The van der Waals surface area contributed by atoms with E-state index in [1.54, 1.807) is 12.1 Å². The van der Waals surface area contributed by atoms with E-state index in [0.717, 1.165) is 23.2 Å². The topological polar surface area (TPSA) is 12.0 Å². The summed E-state index contributed by atoms with van der Waals surface area (Å²) in [5.74, 6) is -0.224. The first-order valence-electron chi connectivity index (χ1n) is 6.50. The van der Waals surface area contributed by atoms with Crippen LogP contribution in [-0.2, 0) is 6.54 Å². The lowest BCUT2D eigenvalue weighted by atomic mass is 9.99. The Balaban J connectivity index is 1.94. The van der Waals surface area contributed by atoms with E-state index in [1.807, 2.05) is 24.3 Å². The molecule has 0 unspecified atom stereocenters. The molecule has 98 valence electrons. The van der Waals surface area contributed by atoms with Crippen LogP contribution < -0.4 is 5.32 Å². The van der Waals surface area contributed by atoms with Gasteiger partial charge in [-0.1, -0.05) is 29.8 Å². The number of benzene rings is 2. The molecule has 0 bridgehead atoms. The quantitative estimate of drug-likeness (QED) is 0.872. The predicted molar refractivity (Wildman–Crippen MR) is 76.7 cm³/mol. The van der Waals surface area contributed by atoms with Crippen LogP contribution in [0.2, 0.25) is 5.02 Å². The third-order valence-corrected chi connectivity index (χ3v) is 3.60. The van der Waals surface area contributed by atoms with Gasteiger partial charge in [0, 0.05) is 17.6 Å². The van der Waals surface area contributed by atoms with Crippen LogP contribution in [0, 0.1) is 5.82 Å². The van der Waals surface area contributed by atoms with Crippen LogP contribution in [0.3, 0.4) is 0 Å². The average molecular weight is 276 g/mol. The van der Waals surface area contributed by atoms with Gasteiger partial charge in [0.05, 0.1) is 0 Å². The summed E-state index contributed by atoms with van der Waals surface area (Å²) >= 11 is 6.07. The zero-order valence-electron chi connectivity index (χ0n) is 10.5. The molecule has 3 rings (SSSR count). The van der Waals surface area contributed by atoms with E-state index in [9.17, 15) is 4.39 Å². The van der Waals surface area contributed by atoms with Crippen LogP contribution in [0.5, 0.6) is 0 Å². The summed E-state index contributed by atoms with van der Waals surface area (Å²) in [5, 5.41) is 4.16. The predicted octanol–water partition coefficient (Wildman–Crippen LogP) is 4.40. The summed E-state index contributed by atoms with van der Waals surface area (Å²) in [4.78, 5) is 0. The summed E-state index contributed by atoms with van der Waals surface area (Å²) < 4.78 is 13.4. The highest BCUT2D eigenvalue weighted by molar-refractivity contribution is 6.30. The molecular formula is C16H15ClFN. The molecule has 0 amide bonds. The van der Waals surface area contributed by atoms with Gasteiger partial charge < -0.3 is 5.32 Å². The zero-order valence-corrected chi connectivity index (χ0v) is 11.3. The van der Waals surface area contributed by atoms with Crippen molar-refractivity contribution in [3.8, 4) is 11.1 Å². The van der Waals surface area contributed by atoms with Crippen molar-refractivity contribution in [3.05, 3.63) is 58.9 Å². The largest absolute Gasteiger partial charge is 0.310 e. The Labute approximate surface area is 117 Å². The first-order valence-corrected chi connectivity index (χ1v) is 6.88. The number of nitrogens with one attached hydrogen (secondary N) is 1. The lowest BCUT2D eigenvalue weighted by Gasteiger charge is -2.11. The Hall–Kier alpha value is -1.38. The summed E-state index contributed by atoms with van der Waals surface area (Å²) in [5.41, 5.74) is 3.03. The first kappa shape index (κ1) is 12.6. The lowest BCUT2D eigenvalue weighted by molar-refractivity contribution is 0.628. The molecule has 2 aromatic carbocycles. The second-order valence-corrected chi connectivity index (χ2v) is 5.40. The number of hydrogen-bond donors (Lipinski definition) is 1. The fraction of sp³-hybridized carbons (Fsp3) is 0.250. The number of hydrogen-bond acceptors (Lipinski definition) is 1. The standard InChI is InChI=1S/C16H15ClFN/c17-13-5-4-12(10-19-15-6-7-15)16(9-13)11-2-1-3-14(18)8-11/h1-5,8-9,15,19H,6-7,10H2. The van der Waals surface area contributed by atoms with Gasteiger partial charge >= 0.3 is 0 Å². The molecule has 0 saturated heterocycles. The summed E-state index contributed by atoms with van der Waals surface area (Å²) in [6.07, 6.45) is 2.51. The van der Waals surface area contributed by atoms with Crippen LogP contribution >= 0.6 is 11.6 Å². The fourth-order valence-corrected chi connectivity index (χ4v) is 2.34. The molecule has 2 aromatic rings. The first-order chi connectivity index (χ1) is 9.22. The second kappa shape index (κ2) is 5.32. The molecule has 0 aromatic heterocycles. The number of halogens is 2. The molecule has 1 N–H and O–H groups in total. The molecule has 1 saturated carbocycles. The van der Waals surface area contributed by atoms with Crippen LogP contribution in [0.15, 0.2) is 42.5 Å². The molecule has 0 atom stereocenters. The summed E-state index contributed by atoms with van der Waals surface area (Å²) in [7, 11) is 0. The molecule has 1 nitrogen and oxygen atoms in total. The molecule has 1 aliphatic rings. The molecular weight excluding hydrogens is 261 g/mol. The molecule has 1 aliphatic carbocycles. The Morgan fingerprint density at radius 3 is 2.74 bits per heavy atom. The highest BCUT2D eigenvalue weighted by Gasteiger charge is 2.20. The van der Waals surface area contributed by atoms with Gasteiger partial charge in [0.2, 0.25) is 0 Å². The maximum atomic E-state index is 13.4.